The zero-order valence-corrected chi connectivity index (χ0v) is 28.2. The summed E-state index contributed by atoms with van der Waals surface area (Å²) in [6.45, 7) is 8.04. The maximum atomic E-state index is 9.43. The Morgan fingerprint density at radius 2 is 1.29 bits per heavy atom. The molecule has 5 rings (SSSR count). The molecular formula is C32H32ClKN2O5. The maximum absolute atomic E-state index is 9.43. The van der Waals surface area contributed by atoms with Gasteiger partial charge in [0, 0.05) is 16.7 Å². The summed E-state index contributed by atoms with van der Waals surface area (Å²) < 4.78 is 16.2. The second kappa shape index (κ2) is 15.5. The molecule has 1 heterocycles. The predicted molar refractivity (Wildman–Crippen MR) is 159 cm³/mol. The van der Waals surface area contributed by atoms with Crippen molar-refractivity contribution in [2.45, 2.75) is 27.7 Å². The summed E-state index contributed by atoms with van der Waals surface area (Å²) in [6, 6.07) is 23.4. The van der Waals surface area contributed by atoms with Crippen LogP contribution >= 0.6 is 11.6 Å². The van der Waals surface area contributed by atoms with Crippen molar-refractivity contribution in [3.63, 3.8) is 0 Å². The molecule has 0 saturated heterocycles. The molecule has 0 saturated carbocycles. The van der Waals surface area contributed by atoms with Crippen LogP contribution in [-0.4, -0.2) is 35.8 Å². The number of nitrogens with zero attached hydrogens (tertiary/aromatic N) is 2. The van der Waals surface area contributed by atoms with Gasteiger partial charge in [-0.05, 0) is 76.2 Å². The van der Waals surface area contributed by atoms with Gasteiger partial charge in [-0.2, -0.15) is 0 Å². The van der Waals surface area contributed by atoms with Crippen LogP contribution in [0.25, 0.3) is 22.2 Å². The van der Waals surface area contributed by atoms with Crippen LogP contribution in [0.4, 0.5) is 0 Å². The number of benzene rings is 4. The summed E-state index contributed by atoms with van der Waals surface area (Å²) in [6.07, 6.45) is 0. The van der Waals surface area contributed by atoms with Crippen molar-refractivity contribution in [3.8, 4) is 22.8 Å². The average molecular weight is 599 g/mol. The van der Waals surface area contributed by atoms with Crippen molar-refractivity contribution in [1.82, 2.24) is 5.16 Å². The van der Waals surface area contributed by atoms with Crippen molar-refractivity contribution in [2.75, 3.05) is 14.2 Å². The molecule has 1 aromatic heterocycles. The topological polar surface area (TPSA) is 107 Å². The van der Waals surface area contributed by atoms with Gasteiger partial charge >= 0.3 is 51.4 Å². The van der Waals surface area contributed by atoms with Gasteiger partial charge in [0.05, 0.1) is 24.6 Å². The molecule has 0 aliphatic carbocycles. The molecule has 2 N–H and O–H groups in total. The molecule has 0 aliphatic heterocycles. The average Bonchev–Trinajstić information content (AvgIpc) is 3.34. The van der Waals surface area contributed by atoms with Crippen LogP contribution in [0.1, 0.15) is 33.4 Å². The minimum atomic E-state index is 0. The van der Waals surface area contributed by atoms with Gasteiger partial charge < -0.3 is 24.7 Å². The van der Waals surface area contributed by atoms with Crippen molar-refractivity contribution in [1.29, 1.82) is 0 Å². The van der Waals surface area contributed by atoms with E-state index >= 15 is 0 Å². The molecule has 0 atom stereocenters. The Balaban J connectivity index is 0.000000274. The Hall–Kier alpha value is -2.69. The van der Waals surface area contributed by atoms with E-state index in [2.05, 4.69) is 36.3 Å². The number of fused-ring (bicyclic) bond motifs is 1. The van der Waals surface area contributed by atoms with Crippen LogP contribution < -0.4 is 60.9 Å². The largest absolute Gasteiger partial charge is 1.00 e. The number of rotatable bonds is 5. The van der Waals surface area contributed by atoms with Gasteiger partial charge in [0.15, 0.2) is 5.58 Å². The van der Waals surface area contributed by atoms with Gasteiger partial charge in [-0.25, -0.2) is 0 Å². The van der Waals surface area contributed by atoms with Crippen molar-refractivity contribution < 1.29 is 76.1 Å². The molecule has 5 aromatic rings. The summed E-state index contributed by atoms with van der Waals surface area (Å²) in [5.41, 5.74) is 8.82. The molecule has 0 unspecified atom stereocenters. The van der Waals surface area contributed by atoms with E-state index in [9.17, 15) is 5.21 Å². The predicted octanol–water partition coefficient (Wildman–Crippen LogP) is 5.14. The first-order valence-corrected chi connectivity index (χ1v) is 12.8. The molecule has 0 aliphatic rings. The minimum Gasteiger partial charge on any atom is -0.870 e. The normalized spacial score (nSPS) is 10.7. The molecule has 0 fully saturated rings. The monoisotopic (exact) mass is 598 g/mol. The van der Waals surface area contributed by atoms with E-state index < -0.39 is 0 Å². The van der Waals surface area contributed by atoms with E-state index in [4.69, 9.17) is 25.6 Å². The number of aromatic nitrogens is 1. The molecule has 208 valence electrons. The van der Waals surface area contributed by atoms with Crippen LogP contribution in [-0.2, 0) is 0 Å². The molecule has 0 bridgehead atoms. The van der Waals surface area contributed by atoms with Gasteiger partial charge in [-0.15, -0.1) is 0 Å². The van der Waals surface area contributed by atoms with E-state index in [1.165, 1.54) is 11.1 Å². The number of ether oxygens (including phenoxy) is 2. The van der Waals surface area contributed by atoms with Gasteiger partial charge in [0.1, 0.15) is 22.9 Å². The molecule has 7 nitrogen and oxygen atoms in total. The van der Waals surface area contributed by atoms with E-state index in [-0.39, 0.29) is 56.9 Å². The molecule has 0 radical (unpaired) electrons. The molecule has 4 aromatic carbocycles. The third kappa shape index (κ3) is 7.99. The molecule has 9 heteroatoms. The van der Waals surface area contributed by atoms with Crippen LogP contribution in [0.3, 0.4) is 0 Å². The molecule has 0 amide bonds. The minimum absolute atomic E-state index is 0. The van der Waals surface area contributed by atoms with Crippen molar-refractivity contribution in [2.24, 2.45) is 5.16 Å². The van der Waals surface area contributed by atoms with Crippen molar-refractivity contribution >= 4 is 28.3 Å². The van der Waals surface area contributed by atoms with Crippen molar-refractivity contribution in [3.05, 3.63) is 111 Å². The summed E-state index contributed by atoms with van der Waals surface area (Å²) in [5.74, 6) is 1.45. The summed E-state index contributed by atoms with van der Waals surface area (Å²) in [7, 11) is 3.25. The zero-order chi connectivity index (χ0) is 28.1. The third-order valence-electron chi connectivity index (χ3n) is 6.32. The second-order valence-electron chi connectivity index (χ2n) is 9.37. The van der Waals surface area contributed by atoms with Crippen LogP contribution in [0.2, 0.25) is 5.02 Å². The first-order valence-electron chi connectivity index (χ1n) is 12.4. The van der Waals surface area contributed by atoms with Crippen LogP contribution in [0, 0.1) is 27.7 Å². The SMILES string of the molecule is COc1ccc(C)cc1-c1noc2ccc(C)cc12.COc1ccc(C)cc1/C(=N/O)c1cc(C)ccc1Cl.[K+].[OH-]. The van der Waals surface area contributed by atoms with Gasteiger partial charge in [-0.1, -0.05) is 68.4 Å². The summed E-state index contributed by atoms with van der Waals surface area (Å²) >= 11 is 6.22. The van der Waals surface area contributed by atoms with Gasteiger partial charge in [0.25, 0.3) is 0 Å². The first kappa shape index (κ1) is 34.5. The fourth-order valence-electron chi connectivity index (χ4n) is 4.33. The van der Waals surface area contributed by atoms with Gasteiger partial charge in [-0.3, -0.25) is 0 Å². The van der Waals surface area contributed by atoms with E-state index in [0.717, 1.165) is 39.1 Å². The Morgan fingerprint density at radius 3 is 1.93 bits per heavy atom. The quantitative estimate of drug-likeness (QED) is 0.130. The fraction of sp³-hybridized carbons (Fsp3) is 0.188. The van der Waals surface area contributed by atoms with Crippen LogP contribution in [0.5, 0.6) is 11.5 Å². The van der Waals surface area contributed by atoms with E-state index in [1.54, 1.807) is 20.3 Å². The zero-order valence-electron chi connectivity index (χ0n) is 24.3. The molecule has 0 spiro atoms. The Labute approximate surface area is 287 Å². The van der Waals surface area contributed by atoms with E-state index in [0.29, 0.717) is 27.6 Å². The maximum Gasteiger partial charge on any atom is 1.00 e. The molecular weight excluding hydrogens is 567 g/mol. The van der Waals surface area contributed by atoms with E-state index in [1.807, 2.05) is 68.4 Å². The fourth-order valence-corrected chi connectivity index (χ4v) is 4.54. The Bertz CT molecular complexity index is 1670. The first-order chi connectivity index (χ1) is 18.7. The second-order valence-corrected chi connectivity index (χ2v) is 9.78. The number of oxime groups is 1. The van der Waals surface area contributed by atoms with Gasteiger partial charge in [0.2, 0.25) is 0 Å². The van der Waals surface area contributed by atoms with Crippen LogP contribution in [0.15, 0.2) is 82.5 Å². The summed E-state index contributed by atoms with van der Waals surface area (Å²) in [5, 5.41) is 18.6. The Kier molecular flexibility index (Phi) is 13.1. The smallest absolute Gasteiger partial charge is 0.870 e. The number of hydrogen-bond donors (Lipinski definition) is 1. The number of hydrogen-bond acceptors (Lipinski definition) is 7. The standard InChI is InChI=1S/C16H16ClNO2.C16H15NO2.K.H2O/c1-10-4-6-14(17)12(8-10)16(18-19)13-9-11(2)5-7-15(13)20-3;1-10-4-6-14(18-3)12(8-10)16-13-9-11(2)5-7-15(13)19-17-16;;/h4-9,19H,1-3H3;4-9H,1-3H3;;1H2/q;;+1;/p-1/b18-16+;;;. The Morgan fingerprint density at radius 1 is 0.756 bits per heavy atom. The molecule has 41 heavy (non-hydrogen) atoms. The number of methoxy groups -OCH3 is 2. The number of halogens is 1. The summed E-state index contributed by atoms with van der Waals surface area (Å²) in [4.78, 5) is 0. The third-order valence-corrected chi connectivity index (χ3v) is 6.65. The number of aryl methyl sites for hydroxylation is 4.